The molecule has 2 N–H and O–H groups in total. The van der Waals surface area contributed by atoms with Crippen LogP contribution in [0.15, 0.2) is 33.8 Å². The van der Waals surface area contributed by atoms with Crippen LogP contribution in [0.5, 0.6) is 5.75 Å². The second-order valence-electron chi connectivity index (χ2n) is 4.65. The summed E-state index contributed by atoms with van der Waals surface area (Å²) in [5.74, 6) is 0.109. The summed E-state index contributed by atoms with van der Waals surface area (Å²) < 4.78 is 6.24. The number of benzene rings is 1. The van der Waals surface area contributed by atoms with Crippen LogP contribution < -0.4 is 15.5 Å². The summed E-state index contributed by atoms with van der Waals surface area (Å²) in [6, 6.07) is 7.16. The molecule has 1 aromatic rings. The van der Waals surface area contributed by atoms with Gasteiger partial charge < -0.3 is 10.1 Å². The van der Waals surface area contributed by atoms with Crippen molar-refractivity contribution < 1.29 is 14.3 Å². The van der Waals surface area contributed by atoms with Gasteiger partial charge >= 0.3 is 0 Å². The number of halogens is 1. The van der Waals surface area contributed by atoms with Crippen LogP contribution in [0.2, 0.25) is 0 Å². The Bertz CT molecular complexity index is 529. The minimum Gasteiger partial charge on any atom is -0.484 e. The molecule has 0 fully saturated rings. The first kappa shape index (κ1) is 18.2. The van der Waals surface area contributed by atoms with E-state index in [4.69, 9.17) is 4.74 Å². The van der Waals surface area contributed by atoms with Gasteiger partial charge in [0.15, 0.2) is 6.61 Å². The second kappa shape index (κ2) is 9.94. The number of rotatable bonds is 8. The Hall–Kier alpha value is -1.89. The molecule has 0 aliphatic heterocycles. The summed E-state index contributed by atoms with van der Waals surface area (Å²) in [5.41, 5.74) is 2.89. The molecule has 0 saturated heterocycles. The minimum absolute atomic E-state index is 0.108. The minimum atomic E-state index is -0.378. The molecule has 1 rings (SSSR count). The van der Waals surface area contributed by atoms with Crippen molar-refractivity contribution in [3.8, 4) is 5.75 Å². The van der Waals surface area contributed by atoms with Crippen LogP contribution in [0.25, 0.3) is 0 Å². The zero-order valence-corrected chi connectivity index (χ0v) is 14.3. The molecule has 0 radical (unpaired) electrons. The zero-order valence-electron chi connectivity index (χ0n) is 12.7. The fourth-order valence-electron chi connectivity index (χ4n) is 1.47. The van der Waals surface area contributed by atoms with Gasteiger partial charge in [-0.05, 0) is 37.6 Å². The summed E-state index contributed by atoms with van der Waals surface area (Å²) in [4.78, 5) is 23.1. The smallest absolute Gasteiger partial charge is 0.277 e. The van der Waals surface area contributed by atoms with Crippen molar-refractivity contribution >= 4 is 33.5 Å². The van der Waals surface area contributed by atoms with Gasteiger partial charge in [0.25, 0.3) is 5.91 Å². The lowest BCUT2D eigenvalue weighted by Gasteiger charge is -2.06. The molecule has 0 atom stereocenters. The number of carbonyl (C=O) groups excluding carboxylic acids is 2. The molecule has 7 heteroatoms. The number of hydrogen-bond acceptors (Lipinski definition) is 4. The molecule has 0 spiro atoms. The SMILES string of the molecule is CCCNC(=O)C/C(C)=N/NC(=O)COc1ccc(Br)cc1. The van der Waals surface area contributed by atoms with E-state index in [2.05, 4.69) is 31.8 Å². The van der Waals surface area contributed by atoms with Gasteiger partial charge in [0.1, 0.15) is 5.75 Å². The van der Waals surface area contributed by atoms with Crippen molar-refractivity contribution in [1.82, 2.24) is 10.7 Å². The van der Waals surface area contributed by atoms with Gasteiger partial charge in [-0.25, -0.2) is 5.43 Å². The van der Waals surface area contributed by atoms with Crippen LogP contribution in [-0.2, 0) is 9.59 Å². The van der Waals surface area contributed by atoms with E-state index in [0.29, 0.717) is 18.0 Å². The predicted octanol–water partition coefficient (Wildman–Crippen LogP) is 2.24. The molecular weight excluding hydrogens is 350 g/mol. The molecule has 2 amide bonds. The normalized spacial score (nSPS) is 11.0. The van der Waals surface area contributed by atoms with Gasteiger partial charge in [-0.3, -0.25) is 9.59 Å². The van der Waals surface area contributed by atoms with E-state index in [1.54, 1.807) is 19.1 Å². The number of hydrazone groups is 1. The first-order chi connectivity index (χ1) is 10.5. The summed E-state index contributed by atoms with van der Waals surface area (Å²) >= 11 is 3.32. The third-order valence-corrected chi connectivity index (χ3v) is 3.07. The Morgan fingerprint density at radius 3 is 2.55 bits per heavy atom. The summed E-state index contributed by atoms with van der Waals surface area (Å²) in [5, 5.41) is 6.61. The Kier molecular flexibility index (Phi) is 8.21. The lowest BCUT2D eigenvalue weighted by molar-refractivity contribution is -0.123. The standard InChI is InChI=1S/C15H20BrN3O3/c1-3-8-17-14(20)9-11(2)18-19-15(21)10-22-13-6-4-12(16)5-7-13/h4-7H,3,8-10H2,1-2H3,(H,17,20)(H,19,21)/b18-11+. The number of nitrogens with one attached hydrogen (secondary N) is 2. The monoisotopic (exact) mass is 369 g/mol. The van der Waals surface area contributed by atoms with Gasteiger partial charge in [0.05, 0.1) is 6.42 Å². The molecule has 0 bridgehead atoms. The first-order valence-electron chi connectivity index (χ1n) is 6.98. The van der Waals surface area contributed by atoms with Crippen LogP contribution in [0.3, 0.4) is 0 Å². The van der Waals surface area contributed by atoms with Crippen molar-refractivity contribution in [2.45, 2.75) is 26.7 Å². The van der Waals surface area contributed by atoms with E-state index in [-0.39, 0.29) is 24.8 Å². The van der Waals surface area contributed by atoms with E-state index in [0.717, 1.165) is 10.9 Å². The maximum Gasteiger partial charge on any atom is 0.277 e. The van der Waals surface area contributed by atoms with Crippen LogP contribution in [0, 0.1) is 0 Å². The molecule has 0 aromatic heterocycles. The number of hydrogen-bond donors (Lipinski definition) is 2. The highest BCUT2D eigenvalue weighted by Gasteiger charge is 2.05. The van der Waals surface area contributed by atoms with E-state index in [1.807, 2.05) is 19.1 Å². The van der Waals surface area contributed by atoms with Gasteiger partial charge in [0.2, 0.25) is 5.91 Å². The summed E-state index contributed by atoms with van der Waals surface area (Å²) in [7, 11) is 0. The molecule has 0 aliphatic rings. The van der Waals surface area contributed by atoms with Crippen molar-refractivity contribution in [1.29, 1.82) is 0 Å². The number of nitrogens with zero attached hydrogens (tertiary/aromatic N) is 1. The lowest BCUT2D eigenvalue weighted by Crippen LogP contribution is -2.28. The van der Waals surface area contributed by atoms with E-state index < -0.39 is 0 Å². The molecule has 22 heavy (non-hydrogen) atoms. The molecule has 1 aromatic carbocycles. The molecule has 0 aliphatic carbocycles. The van der Waals surface area contributed by atoms with Crippen molar-refractivity contribution in [3.05, 3.63) is 28.7 Å². The molecule has 0 unspecified atom stereocenters. The average molecular weight is 370 g/mol. The molecule has 120 valence electrons. The third kappa shape index (κ3) is 7.78. The number of ether oxygens (including phenoxy) is 1. The Labute approximate surface area is 138 Å². The number of carbonyl (C=O) groups is 2. The topological polar surface area (TPSA) is 79.8 Å². The average Bonchev–Trinajstić information content (AvgIpc) is 2.50. The van der Waals surface area contributed by atoms with Crippen molar-refractivity contribution in [2.24, 2.45) is 5.10 Å². The van der Waals surface area contributed by atoms with Gasteiger partial charge in [-0.15, -0.1) is 0 Å². The highest BCUT2D eigenvalue weighted by Crippen LogP contribution is 2.15. The zero-order chi connectivity index (χ0) is 16.4. The quantitative estimate of drug-likeness (QED) is 0.544. The van der Waals surface area contributed by atoms with Crippen LogP contribution in [-0.4, -0.2) is 30.7 Å². The third-order valence-electron chi connectivity index (χ3n) is 2.54. The first-order valence-corrected chi connectivity index (χ1v) is 7.77. The summed E-state index contributed by atoms with van der Waals surface area (Å²) in [6.45, 7) is 4.16. The van der Waals surface area contributed by atoms with Crippen LogP contribution in [0.1, 0.15) is 26.7 Å². The van der Waals surface area contributed by atoms with Crippen molar-refractivity contribution in [3.63, 3.8) is 0 Å². The number of amides is 2. The van der Waals surface area contributed by atoms with Gasteiger partial charge in [-0.1, -0.05) is 22.9 Å². The van der Waals surface area contributed by atoms with E-state index in [1.165, 1.54) is 0 Å². The van der Waals surface area contributed by atoms with Crippen molar-refractivity contribution in [2.75, 3.05) is 13.2 Å². The van der Waals surface area contributed by atoms with Crippen LogP contribution in [0.4, 0.5) is 0 Å². The van der Waals surface area contributed by atoms with Gasteiger partial charge in [-0.2, -0.15) is 5.10 Å². The highest BCUT2D eigenvalue weighted by atomic mass is 79.9. The fourth-order valence-corrected chi connectivity index (χ4v) is 1.73. The van der Waals surface area contributed by atoms with E-state index in [9.17, 15) is 9.59 Å². The predicted molar refractivity (Wildman–Crippen MR) is 88.8 cm³/mol. The second-order valence-corrected chi connectivity index (χ2v) is 5.57. The maximum atomic E-state index is 11.6. The fraction of sp³-hybridized carbons (Fsp3) is 0.400. The Balaban J connectivity index is 2.30. The molecular formula is C15H20BrN3O3. The highest BCUT2D eigenvalue weighted by molar-refractivity contribution is 9.10. The molecule has 6 nitrogen and oxygen atoms in total. The molecule has 0 heterocycles. The maximum absolute atomic E-state index is 11.6. The van der Waals surface area contributed by atoms with Crippen LogP contribution >= 0.6 is 15.9 Å². The molecule has 0 saturated carbocycles. The largest absolute Gasteiger partial charge is 0.484 e. The summed E-state index contributed by atoms with van der Waals surface area (Å²) in [6.07, 6.45) is 1.04. The Morgan fingerprint density at radius 1 is 1.23 bits per heavy atom. The van der Waals surface area contributed by atoms with E-state index >= 15 is 0 Å². The Morgan fingerprint density at radius 2 is 1.91 bits per heavy atom. The van der Waals surface area contributed by atoms with Gasteiger partial charge in [0, 0.05) is 16.7 Å². The lowest BCUT2D eigenvalue weighted by atomic mass is 10.3.